The zero-order valence-corrected chi connectivity index (χ0v) is 14.3. The highest BCUT2D eigenvalue weighted by molar-refractivity contribution is 6.07. The lowest BCUT2D eigenvalue weighted by Crippen LogP contribution is -2.24. The summed E-state index contributed by atoms with van der Waals surface area (Å²) in [5, 5.41) is 5.38. The lowest BCUT2D eigenvalue weighted by Gasteiger charge is -2.07. The molecule has 0 bridgehead atoms. The van der Waals surface area contributed by atoms with E-state index >= 15 is 0 Å². The van der Waals surface area contributed by atoms with E-state index in [0.29, 0.717) is 36.6 Å². The summed E-state index contributed by atoms with van der Waals surface area (Å²) in [6, 6.07) is 6.58. The van der Waals surface area contributed by atoms with Gasteiger partial charge in [0, 0.05) is 42.7 Å². The highest BCUT2D eigenvalue weighted by Crippen LogP contribution is 2.11. The molecule has 1 aromatic rings. The molecule has 0 radical (unpaired) electrons. The minimum absolute atomic E-state index is 0.0371. The van der Waals surface area contributed by atoms with Crippen LogP contribution in [0.5, 0.6) is 0 Å². The predicted molar refractivity (Wildman–Crippen MR) is 93.0 cm³/mol. The van der Waals surface area contributed by atoms with Crippen molar-refractivity contribution in [1.82, 2.24) is 5.32 Å². The Kier molecular flexibility index (Phi) is 8.43. The molecule has 0 saturated heterocycles. The van der Waals surface area contributed by atoms with E-state index in [1.54, 1.807) is 31.2 Å². The van der Waals surface area contributed by atoms with Crippen LogP contribution in [0.25, 0.3) is 0 Å². The minimum Gasteiger partial charge on any atom is -0.382 e. The summed E-state index contributed by atoms with van der Waals surface area (Å²) in [4.78, 5) is 35.0. The van der Waals surface area contributed by atoms with Crippen LogP contribution in [0.3, 0.4) is 0 Å². The van der Waals surface area contributed by atoms with Crippen LogP contribution in [0, 0.1) is 0 Å². The normalized spacial score (nSPS) is 11.0. The van der Waals surface area contributed by atoms with Crippen molar-refractivity contribution in [2.24, 2.45) is 0 Å². The smallest absolute Gasteiger partial charge is 0.251 e. The minimum atomic E-state index is -0.366. The molecule has 0 spiro atoms. The van der Waals surface area contributed by atoms with Gasteiger partial charge in [0.05, 0.1) is 0 Å². The van der Waals surface area contributed by atoms with E-state index in [4.69, 9.17) is 4.74 Å². The van der Waals surface area contributed by atoms with Crippen molar-refractivity contribution in [3.63, 3.8) is 0 Å². The third-order valence-electron chi connectivity index (χ3n) is 3.22. The molecule has 24 heavy (non-hydrogen) atoms. The average molecular weight is 332 g/mol. The first-order valence-electron chi connectivity index (χ1n) is 7.90. The summed E-state index contributed by atoms with van der Waals surface area (Å²) in [6.45, 7) is 6.71. The number of carbonyl (C=O) groups is 3. The SMILES string of the molecule is CCOCCCNC(=O)/C=C(/C)C(=O)Nc1ccc(C(C)=O)cc1. The standard InChI is InChI=1S/C18H24N2O4/c1-4-24-11-5-10-19-17(22)12-13(2)18(23)20-16-8-6-15(7-9-16)14(3)21/h6-9,12H,4-5,10-11H2,1-3H3,(H,19,22)(H,20,23)/b13-12-. The second-order valence-electron chi connectivity index (χ2n) is 5.26. The second-order valence-corrected chi connectivity index (χ2v) is 5.26. The number of hydrogen-bond donors (Lipinski definition) is 2. The number of ether oxygens (including phenoxy) is 1. The van der Waals surface area contributed by atoms with E-state index in [2.05, 4.69) is 10.6 Å². The summed E-state index contributed by atoms with van der Waals surface area (Å²) in [7, 11) is 0. The molecule has 0 aliphatic rings. The van der Waals surface area contributed by atoms with Crippen LogP contribution in [0.2, 0.25) is 0 Å². The summed E-state index contributed by atoms with van der Waals surface area (Å²) >= 11 is 0. The van der Waals surface area contributed by atoms with Crippen LogP contribution in [0.15, 0.2) is 35.9 Å². The highest BCUT2D eigenvalue weighted by Gasteiger charge is 2.08. The summed E-state index contributed by atoms with van der Waals surface area (Å²) in [6.07, 6.45) is 1.99. The van der Waals surface area contributed by atoms with Crippen LogP contribution < -0.4 is 10.6 Å². The monoisotopic (exact) mass is 332 g/mol. The maximum absolute atomic E-state index is 12.0. The largest absolute Gasteiger partial charge is 0.382 e. The van der Waals surface area contributed by atoms with Gasteiger partial charge in [-0.25, -0.2) is 0 Å². The number of nitrogens with one attached hydrogen (secondary N) is 2. The molecule has 0 aromatic heterocycles. The molecule has 0 fully saturated rings. The molecule has 2 amide bonds. The molecular weight excluding hydrogens is 308 g/mol. The van der Waals surface area contributed by atoms with Crippen molar-refractivity contribution in [2.45, 2.75) is 27.2 Å². The van der Waals surface area contributed by atoms with E-state index in [1.807, 2.05) is 6.92 Å². The van der Waals surface area contributed by atoms with Gasteiger partial charge in [-0.3, -0.25) is 14.4 Å². The number of benzene rings is 1. The van der Waals surface area contributed by atoms with Gasteiger partial charge in [0.15, 0.2) is 5.78 Å². The summed E-state index contributed by atoms with van der Waals surface area (Å²) in [5.41, 5.74) is 1.44. The lowest BCUT2D eigenvalue weighted by molar-refractivity contribution is -0.117. The highest BCUT2D eigenvalue weighted by atomic mass is 16.5. The number of rotatable bonds is 9. The van der Waals surface area contributed by atoms with Gasteiger partial charge in [0.25, 0.3) is 5.91 Å². The van der Waals surface area contributed by atoms with Crippen molar-refractivity contribution in [3.8, 4) is 0 Å². The first kappa shape index (κ1) is 19.6. The molecule has 0 aliphatic carbocycles. The van der Waals surface area contributed by atoms with Gasteiger partial charge >= 0.3 is 0 Å². The van der Waals surface area contributed by atoms with E-state index in [-0.39, 0.29) is 17.6 Å². The topological polar surface area (TPSA) is 84.5 Å². The molecular formula is C18H24N2O4. The summed E-state index contributed by atoms with van der Waals surface area (Å²) < 4.78 is 5.17. The molecule has 1 rings (SSSR count). The van der Waals surface area contributed by atoms with Crippen molar-refractivity contribution < 1.29 is 19.1 Å². The molecule has 6 heteroatoms. The quantitative estimate of drug-likeness (QED) is 0.413. The first-order chi connectivity index (χ1) is 11.4. The Bertz CT molecular complexity index is 606. The molecule has 130 valence electrons. The Morgan fingerprint density at radius 2 is 1.79 bits per heavy atom. The molecule has 0 heterocycles. The molecule has 1 aromatic carbocycles. The third-order valence-corrected chi connectivity index (χ3v) is 3.22. The molecule has 0 aliphatic heterocycles. The maximum atomic E-state index is 12.0. The third kappa shape index (κ3) is 7.19. The van der Waals surface area contributed by atoms with Gasteiger partial charge in [-0.1, -0.05) is 0 Å². The van der Waals surface area contributed by atoms with Crippen molar-refractivity contribution in [3.05, 3.63) is 41.5 Å². The van der Waals surface area contributed by atoms with E-state index in [0.717, 1.165) is 6.42 Å². The van der Waals surface area contributed by atoms with Gasteiger partial charge < -0.3 is 15.4 Å². The fourth-order valence-electron chi connectivity index (χ4n) is 1.86. The number of hydrogen-bond acceptors (Lipinski definition) is 4. The van der Waals surface area contributed by atoms with Crippen LogP contribution in [-0.2, 0) is 14.3 Å². The Morgan fingerprint density at radius 1 is 1.12 bits per heavy atom. The van der Waals surface area contributed by atoms with Crippen LogP contribution >= 0.6 is 0 Å². The van der Waals surface area contributed by atoms with E-state index in [9.17, 15) is 14.4 Å². The zero-order valence-electron chi connectivity index (χ0n) is 14.3. The zero-order chi connectivity index (χ0) is 17.9. The van der Waals surface area contributed by atoms with Crippen LogP contribution in [0.4, 0.5) is 5.69 Å². The van der Waals surface area contributed by atoms with Crippen LogP contribution in [0.1, 0.15) is 37.6 Å². The number of ketones is 1. The Morgan fingerprint density at radius 3 is 2.38 bits per heavy atom. The average Bonchev–Trinajstić information content (AvgIpc) is 2.55. The number of amides is 2. The summed E-state index contributed by atoms with van der Waals surface area (Å²) in [5.74, 6) is -0.717. The van der Waals surface area contributed by atoms with Crippen LogP contribution in [-0.4, -0.2) is 37.4 Å². The van der Waals surface area contributed by atoms with Crippen molar-refractivity contribution in [2.75, 3.05) is 25.1 Å². The maximum Gasteiger partial charge on any atom is 0.251 e. The first-order valence-corrected chi connectivity index (χ1v) is 7.90. The van der Waals surface area contributed by atoms with Gasteiger partial charge in [-0.05, 0) is 51.5 Å². The van der Waals surface area contributed by atoms with Crippen molar-refractivity contribution in [1.29, 1.82) is 0 Å². The predicted octanol–water partition coefficient (Wildman–Crippen LogP) is 2.32. The Hall–Kier alpha value is -2.47. The molecule has 6 nitrogen and oxygen atoms in total. The van der Waals surface area contributed by atoms with Gasteiger partial charge in [0.1, 0.15) is 0 Å². The molecule has 2 N–H and O–H groups in total. The Balaban J connectivity index is 2.47. The number of Topliss-reactive ketones (excluding diaryl/α,β-unsaturated/α-hetero) is 1. The number of anilines is 1. The van der Waals surface area contributed by atoms with Crippen molar-refractivity contribution >= 4 is 23.3 Å². The Labute approximate surface area is 142 Å². The molecule has 0 unspecified atom stereocenters. The second kappa shape index (κ2) is 10.3. The fourth-order valence-corrected chi connectivity index (χ4v) is 1.86. The molecule has 0 saturated carbocycles. The molecule has 0 atom stereocenters. The van der Waals surface area contributed by atoms with E-state index < -0.39 is 0 Å². The van der Waals surface area contributed by atoms with Gasteiger partial charge in [-0.15, -0.1) is 0 Å². The van der Waals surface area contributed by atoms with E-state index in [1.165, 1.54) is 13.0 Å². The lowest BCUT2D eigenvalue weighted by atomic mass is 10.1. The number of carbonyl (C=O) groups excluding carboxylic acids is 3. The van der Waals surface area contributed by atoms with Gasteiger partial charge in [-0.2, -0.15) is 0 Å². The van der Waals surface area contributed by atoms with Gasteiger partial charge in [0.2, 0.25) is 5.91 Å². The fraction of sp³-hybridized carbons (Fsp3) is 0.389.